The van der Waals surface area contributed by atoms with E-state index in [9.17, 15) is 9.59 Å². The molecule has 0 rings (SSSR count). The number of ether oxygens (including phenoxy) is 1. The van der Waals surface area contributed by atoms with Crippen LogP contribution in [0.4, 0.5) is 0 Å². The summed E-state index contributed by atoms with van der Waals surface area (Å²) in [6.07, 6.45) is 1.34. The van der Waals surface area contributed by atoms with E-state index in [-0.39, 0.29) is 6.61 Å². The Labute approximate surface area is 79.5 Å². The molecule has 0 aromatic carbocycles. The minimum absolute atomic E-state index is 0.258. The average Bonchev–Trinajstić information content (AvgIpc) is 2.16. The SMILES string of the molecule is CCOC(=O)C(=O)C(C)(CC)CC. The van der Waals surface area contributed by atoms with E-state index in [2.05, 4.69) is 4.74 Å². The lowest BCUT2D eigenvalue weighted by Gasteiger charge is -2.22. The maximum atomic E-state index is 11.5. The van der Waals surface area contributed by atoms with E-state index in [1.54, 1.807) is 13.8 Å². The minimum atomic E-state index is -0.700. The van der Waals surface area contributed by atoms with Gasteiger partial charge in [0.2, 0.25) is 5.78 Å². The second-order valence-electron chi connectivity index (χ2n) is 3.32. The molecule has 0 spiro atoms. The monoisotopic (exact) mass is 186 g/mol. The van der Waals surface area contributed by atoms with Gasteiger partial charge in [0.1, 0.15) is 0 Å². The third kappa shape index (κ3) is 2.83. The largest absolute Gasteiger partial charge is 0.460 e. The van der Waals surface area contributed by atoms with Crippen LogP contribution in [0.3, 0.4) is 0 Å². The van der Waals surface area contributed by atoms with Gasteiger partial charge in [-0.2, -0.15) is 0 Å². The van der Waals surface area contributed by atoms with Crippen LogP contribution >= 0.6 is 0 Å². The highest BCUT2D eigenvalue weighted by atomic mass is 16.5. The van der Waals surface area contributed by atoms with Crippen molar-refractivity contribution in [3.05, 3.63) is 0 Å². The zero-order chi connectivity index (χ0) is 10.5. The first-order chi connectivity index (χ1) is 6.01. The highest BCUT2D eigenvalue weighted by Crippen LogP contribution is 2.26. The quantitative estimate of drug-likeness (QED) is 0.487. The molecule has 0 bridgehead atoms. The van der Waals surface area contributed by atoms with Crippen molar-refractivity contribution in [2.45, 2.75) is 40.5 Å². The third-order valence-corrected chi connectivity index (χ3v) is 2.57. The van der Waals surface area contributed by atoms with Crippen LogP contribution in [-0.4, -0.2) is 18.4 Å². The lowest BCUT2D eigenvalue weighted by Crippen LogP contribution is -2.34. The second-order valence-corrected chi connectivity index (χ2v) is 3.32. The average molecular weight is 186 g/mol. The summed E-state index contributed by atoms with van der Waals surface area (Å²) in [5.41, 5.74) is -0.549. The summed E-state index contributed by atoms with van der Waals surface area (Å²) in [6.45, 7) is 7.56. The topological polar surface area (TPSA) is 43.4 Å². The molecule has 3 heteroatoms. The normalized spacial score (nSPS) is 11.1. The number of esters is 1. The van der Waals surface area contributed by atoms with E-state index >= 15 is 0 Å². The molecule has 3 nitrogen and oxygen atoms in total. The lowest BCUT2D eigenvalue weighted by molar-refractivity contribution is -0.158. The van der Waals surface area contributed by atoms with Crippen molar-refractivity contribution in [1.82, 2.24) is 0 Å². The summed E-state index contributed by atoms with van der Waals surface area (Å²) in [6, 6.07) is 0. The van der Waals surface area contributed by atoms with E-state index in [1.807, 2.05) is 13.8 Å². The number of Topliss-reactive ketones (excluding diaryl/α,β-unsaturated/α-hetero) is 1. The fourth-order valence-corrected chi connectivity index (χ4v) is 1.01. The zero-order valence-corrected chi connectivity index (χ0v) is 8.85. The fraction of sp³-hybridized carbons (Fsp3) is 0.800. The maximum absolute atomic E-state index is 11.5. The first-order valence-corrected chi connectivity index (χ1v) is 4.73. The van der Waals surface area contributed by atoms with Gasteiger partial charge in [0.25, 0.3) is 0 Å². The number of rotatable bonds is 5. The molecule has 0 atom stereocenters. The van der Waals surface area contributed by atoms with Crippen LogP contribution in [0, 0.1) is 5.41 Å². The van der Waals surface area contributed by atoms with Crippen molar-refractivity contribution in [2.75, 3.05) is 6.61 Å². The molecule has 0 aromatic rings. The number of carbonyl (C=O) groups is 2. The van der Waals surface area contributed by atoms with Crippen molar-refractivity contribution in [1.29, 1.82) is 0 Å². The summed E-state index contributed by atoms with van der Waals surface area (Å²) in [5, 5.41) is 0. The summed E-state index contributed by atoms with van der Waals surface area (Å²) in [7, 11) is 0. The maximum Gasteiger partial charge on any atom is 0.375 e. The van der Waals surface area contributed by atoms with Gasteiger partial charge < -0.3 is 4.74 Å². The highest BCUT2D eigenvalue weighted by Gasteiger charge is 2.35. The van der Waals surface area contributed by atoms with Gasteiger partial charge in [-0.05, 0) is 19.8 Å². The minimum Gasteiger partial charge on any atom is -0.460 e. The molecule has 0 aromatic heterocycles. The molecular formula is C10H18O3. The molecule has 0 saturated heterocycles. The predicted octanol–water partition coefficient (Wildman–Crippen LogP) is 1.94. The summed E-state index contributed by atoms with van der Waals surface area (Å²) in [5.74, 6) is -1.10. The molecule has 0 aliphatic rings. The lowest BCUT2D eigenvalue weighted by atomic mass is 9.80. The predicted molar refractivity (Wildman–Crippen MR) is 50.3 cm³/mol. The Bertz CT molecular complexity index is 192. The molecule has 0 fully saturated rings. The van der Waals surface area contributed by atoms with E-state index in [1.165, 1.54) is 0 Å². The number of hydrogen-bond donors (Lipinski definition) is 0. The van der Waals surface area contributed by atoms with Crippen LogP contribution in [0.2, 0.25) is 0 Å². The number of ketones is 1. The van der Waals surface area contributed by atoms with Gasteiger partial charge in [0.05, 0.1) is 6.61 Å². The number of hydrogen-bond acceptors (Lipinski definition) is 3. The van der Waals surface area contributed by atoms with Crippen LogP contribution in [0.5, 0.6) is 0 Å². The summed E-state index contributed by atoms with van der Waals surface area (Å²) in [4.78, 5) is 22.7. The van der Waals surface area contributed by atoms with Crippen LogP contribution in [0.25, 0.3) is 0 Å². The van der Waals surface area contributed by atoms with E-state index in [4.69, 9.17) is 0 Å². The van der Waals surface area contributed by atoms with Crippen LogP contribution < -0.4 is 0 Å². The smallest absolute Gasteiger partial charge is 0.375 e. The Hall–Kier alpha value is -0.860. The summed E-state index contributed by atoms with van der Waals surface area (Å²) < 4.78 is 4.67. The van der Waals surface area contributed by atoms with Gasteiger partial charge in [0.15, 0.2) is 0 Å². The number of carbonyl (C=O) groups excluding carboxylic acids is 2. The Kier molecular flexibility index (Phi) is 4.67. The third-order valence-electron chi connectivity index (χ3n) is 2.57. The molecule has 0 heterocycles. The Balaban J connectivity index is 4.46. The van der Waals surface area contributed by atoms with E-state index in [0.29, 0.717) is 12.8 Å². The molecule has 0 N–H and O–H groups in total. The highest BCUT2D eigenvalue weighted by molar-refractivity contribution is 6.35. The van der Waals surface area contributed by atoms with Crippen molar-refractivity contribution in [3.8, 4) is 0 Å². The standard InChI is InChI=1S/C10H18O3/c1-5-10(4,6-2)8(11)9(12)13-7-3/h5-7H2,1-4H3. The van der Waals surface area contributed by atoms with Gasteiger partial charge in [-0.25, -0.2) is 4.79 Å². The molecule has 13 heavy (non-hydrogen) atoms. The Morgan fingerprint density at radius 1 is 1.15 bits per heavy atom. The van der Waals surface area contributed by atoms with Crippen LogP contribution in [0.1, 0.15) is 40.5 Å². The first kappa shape index (κ1) is 12.1. The van der Waals surface area contributed by atoms with E-state index < -0.39 is 17.2 Å². The van der Waals surface area contributed by atoms with Gasteiger partial charge in [-0.15, -0.1) is 0 Å². The Morgan fingerprint density at radius 3 is 1.92 bits per heavy atom. The van der Waals surface area contributed by atoms with E-state index in [0.717, 1.165) is 0 Å². The van der Waals surface area contributed by atoms with Gasteiger partial charge >= 0.3 is 5.97 Å². The van der Waals surface area contributed by atoms with Crippen molar-refractivity contribution in [3.63, 3.8) is 0 Å². The zero-order valence-electron chi connectivity index (χ0n) is 8.85. The molecule has 0 aliphatic heterocycles. The molecule has 0 unspecified atom stereocenters. The fourth-order valence-electron chi connectivity index (χ4n) is 1.01. The molecule has 0 radical (unpaired) electrons. The second kappa shape index (κ2) is 5.00. The van der Waals surface area contributed by atoms with Gasteiger partial charge in [-0.1, -0.05) is 20.8 Å². The van der Waals surface area contributed by atoms with Gasteiger partial charge in [-0.3, -0.25) is 4.79 Å². The Morgan fingerprint density at radius 2 is 1.62 bits per heavy atom. The van der Waals surface area contributed by atoms with Crippen molar-refractivity contribution >= 4 is 11.8 Å². The van der Waals surface area contributed by atoms with Crippen LogP contribution in [0.15, 0.2) is 0 Å². The molecule has 0 amide bonds. The molecular weight excluding hydrogens is 168 g/mol. The summed E-state index contributed by atoms with van der Waals surface area (Å²) >= 11 is 0. The van der Waals surface area contributed by atoms with Crippen molar-refractivity contribution in [2.24, 2.45) is 5.41 Å². The molecule has 0 saturated carbocycles. The van der Waals surface area contributed by atoms with Crippen LogP contribution in [-0.2, 0) is 14.3 Å². The molecule has 76 valence electrons. The van der Waals surface area contributed by atoms with Gasteiger partial charge in [0, 0.05) is 5.41 Å². The first-order valence-electron chi connectivity index (χ1n) is 4.73. The molecule has 0 aliphatic carbocycles. The van der Waals surface area contributed by atoms with Crippen molar-refractivity contribution < 1.29 is 14.3 Å².